The summed E-state index contributed by atoms with van der Waals surface area (Å²) in [6.45, 7) is 1.62. The molecular weight excluding hydrogens is 247 g/mol. The summed E-state index contributed by atoms with van der Waals surface area (Å²) >= 11 is 0. The number of hydrogen-bond donors (Lipinski definition) is 2. The van der Waals surface area contributed by atoms with E-state index in [1.807, 2.05) is 13.0 Å². The smallest absolute Gasteiger partial charge is 0.388 e. The van der Waals surface area contributed by atoms with Gasteiger partial charge in [-0.15, -0.1) is 0 Å². The van der Waals surface area contributed by atoms with E-state index in [1.165, 1.54) is 0 Å². The number of nitrogens with one attached hydrogen (secondary N) is 1. The summed E-state index contributed by atoms with van der Waals surface area (Å²) in [6, 6.07) is 7.03. The zero-order valence-electron chi connectivity index (χ0n) is 9.79. The Morgan fingerprint density at radius 1 is 1.44 bits per heavy atom. The first-order valence-electron chi connectivity index (χ1n) is 5.40. The number of amides is 1. The zero-order valence-corrected chi connectivity index (χ0v) is 9.79. The van der Waals surface area contributed by atoms with Crippen LogP contribution in [0.3, 0.4) is 0 Å². The van der Waals surface area contributed by atoms with E-state index in [2.05, 4.69) is 0 Å². The van der Waals surface area contributed by atoms with Crippen molar-refractivity contribution in [3.63, 3.8) is 0 Å². The Hall–Kier alpha value is -1.56. The normalized spacial score (nSPS) is 13.2. The number of hydrogen-bond acceptors (Lipinski definition) is 2. The molecule has 18 heavy (non-hydrogen) atoms. The first-order valence-corrected chi connectivity index (χ1v) is 5.40. The Balaban J connectivity index is 2.43. The lowest BCUT2D eigenvalue weighted by atomic mass is 10.0. The fraction of sp³-hybridized carbons (Fsp3) is 0.417. The molecule has 0 aromatic heterocycles. The van der Waals surface area contributed by atoms with Crippen LogP contribution in [-0.2, 0) is 4.79 Å². The third kappa shape index (κ3) is 4.37. The zero-order chi connectivity index (χ0) is 13.8. The van der Waals surface area contributed by atoms with Crippen LogP contribution in [0.2, 0.25) is 0 Å². The van der Waals surface area contributed by atoms with Crippen LogP contribution in [0.5, 0.6) is 0 Å². The van der Waals surface area contributed by atoms with Gasteiger partial charge < -0.3 is 10.4 Å². The second kappa shape index (κ2) is 5.86. The van der Waals surface area contributed by atoms with Crippen molar-refractivity contribution in [3.05, 3.63) is 35.4 Å². The van der Waals surface area contributed by atoms with Gasteiger partial charge in [-0.1, -0.05) is 29.8 Å². The largest absolute Gasteiger partial charge is 0.471 e. The first-order chi connectivity index (χ1) is 8.30. The van der Waals surface area contributed by atoms with Crippen LogP contribution in [0.4, 0.5) is 13.2 Å². The SMILES string of the molecule is Cc1cccc([C@H](O)CCNC(=O)C(F)(F)F)c1. The predicted octanol–water partition coefficient (Wildman–Crippen LogP) is 2.10. The monoisotopic (exact) mass is 261 g/mol. The van der Waals surface area contributed by atoms with E-state index in [0.717, 1.165) is 5.56 Å². The fourth-order valence-corrected chi connectivity index (χ4v) is 1.47. The number of benzene rings is 1. The number of halogens is 3. The highest BCUT2D eigenvalue weighted by molar-refractivity contribution is 5.81. The van der Waals surface area contributed by atoms with Crippen molar-refractivity contribution in [1.29, 1.82) is 0 Å². The van der Waals surface area contributed by atoms with Crippen LogP contribution in [-0.4, -0.2) is 23.7 Å². The van der Waals surface area contributed by atoms with Crippen LogP contribution in [0.15, 0.2) is 24.3 Å². The number of rotatable bonds is 4. The minimum atomic E-state index is -4.88. The van der Waals surface area contributed by atoms with Crippen molar-refractivity contribution in [2.45, 2.75) is 25.6 Å². The van der Waals surface area contributed by atoms with E-state index in [1.54, 1.807) is 23.5 Å². The number of aliphatic hydroxyl groups excluding tert-OH is 1. The van der Waals surface area contributed by atoms with Crippen molar-refractivity contribution in [1.82, 2.24) is 5.32 Å². The number of aliphatic hydroxyl groups is 1. The van der Waals surface area contributed by atoms with E-state index < -0.39 is 18.2 Å². The predicted molar refractivity (Wildman–Crippen MR) is 59.8 cm³/mol. The minimum Gasteiger partial charge on any atom is -0.388 e. The summed E-state index contributed by atoms with van der Waals surface area (Å²) in [6.07, 6.45) is -5.74. The van der Waals surface area contributed by atoms with Gasteiger partial charge in [0.25, 0.3) is 0 Å². The van der Waals surface area contributed by atoms with E-state index in [9.17, 15) is 23.1 Å². The van der Waals surface area contributed by atoms with Crippen LogP contribution in [0, 0.1) is 6.92 Å². The van der Waals surface area contributed by atoms with E-state index in [-0.39, 0.29) is 13.0 Å². The molecule has 0 bridgehead atoms. The van der Waals surface area contributed by atoms with Gasteiger partial charge in [0.15, 0.2) is 0 Å². The molecule has 0 spiro atoms. The Labute approximate surface area is 103 Å². The molecule has 0 unspecified atom stereocenters. The lowest BCUT2D eigenvalue weighted by molar-refractivity contribution is -0.173. The van der Waals surface area contributed by atoms with E-state index in [4.69, 9.17) is 0 Å². The second-order valence-corrected chi connectivity index (χ2v) is 3.97. The lowest BCUT2D eigenvalue weighted by Crippen LogP contribution is -2.37. The molecule has 0 aliphatic heterocycles. The molecule has 100 valence electrons. The lowest BCUT2D eigenvalue weighted by Gasteiger charge is -2.13. The van der Waals surface area contributed by atoms with E-state index in [0.29, 0.717) is 5.56 Å². The number of carbonyl (C=O) groups is 1. The topological polar surface area (TPSA) is 49.3 Å². The maximum atomic E-state index is 11.9. The summed E-state index contributed by atoms with van der Waals surface area (Å²) in [5.74, 6) is -1.99. The summed E-state index contributed by atoms with van der Waals surface area (Å²) in [7, 11) is 0. The number of alkyl halides is 3. The first kappa shape index (κ1) is 14.5. The van der Waals surface area contributed by atoms with Crippen molar-refractivity contribution >= 4 is 5.91 Å². The second-order valence-electron chi connectivity index (χ2n) is 3.97. The summed E-state index contributed by atoms with van der Waals surface area (Å²) in [5, 5.41) is 11.4. The van der Waals surface area contributed by atoms with Gasteiger partial charge in [-0.05, 0) is 18.9 Å². The van der Waals surface area contributed by atoms with Crippen LogP contribution >= 0.6 is 0 Å². The maximum Gasteiger partial charge on any atom is 0.471 e. The van der Waals surface area contributed by atoms with Crippen molar-refractivity contribution in [3.8, 4) is 0 Å². The molecule has 1 aromatic carbocycles. The Bertz CT molecular complexity index is 418. The fourth-order valence-electron chi connectivity index (χ4n) is 1.47. The number of carbonyl (C=O) groups excluding carboxylic acids is 1. The molecule has 3 nitrogen and oxygen atoms in total. The highest BCUT2D eigenvalue weighted by Crippen LogP contribution is 2.18. The Morgan fingerprint density at radius 2 is 2.11 bits per heavy atom. The molecule has 0 saturated carbocycles. The molecule has 2 N–H and O–H groups in total. The van der Waals surface area contributed by atoms with Gasteiger partial charge in [0, 0.05) is 6.54 Å². The molecule has 6 heteroatoms. The van der Waals surface area contributed by atoms with Crippen LogP contribution in [0.1, 0.15) is 23.7 Å². The average Bonchev–Trinajstić information content (AvgIpc) is 2.27. The van der Waals surface area contributed by atoms with Crippen LogP contribution < -0.4 is 5.32 Å². The molecule has 0 saturated heterocycles. The van der Waals surface area contributed by atoms with Gasteiger partial charge in [-0.2, -0.15) is 13.2 Å². The molecule has 0 radical (unpaired) electrons. The molecule has 0 heterocycles. The van der Waals surface area contributed by atoms with E-state index >= 15 is 0 Å². The number of aryl methyl sites for hydroxylation is 1. The molecule has 1 atom stereocenters. The van der Waals surface area contributed by atoms with Crippen molar-refractivity contribution in [2.75, 3.05) is 6.54 Å². The van der Waals surface area contributed by atoms with Crippen molar-refractivity contribution < 1.29 is 23.1 Å². The van der Waals surface area contributed by atoms with Gasteiger partial charge in [0.1, 0.15) is 0 Å². The van der Waals surface area contributed by atoms with Gasteiger partial charge in [0.05, 0.1) is 6.10 Å². The summed E-state index contributed by atoms with van der Waals surface area (Å²) in [5.41, 5.74) is 1.57. The van der Waals surface area contributed by atoms with Gasteiger partial charge in [-0.3, -0.25) is 4.79 Å². The molecule has 1 rings (SSSR count). The third-order valence-corrected chi connectivity index (χ3v) is 2.39. The summed E-state index contributed by atoms with van der Waals surface area (Å²) < 4.78 is 35.6. The molecule has 0 aliphatic carbocycles. The van der Waals surface area contributed by atoms with Crippen LogP contribution in [0.25, 0.3) is 0 Å². The highest BCUT2D eigenvalue weighted by Gasteiger charge is 2.38. The molecule has 0 fully saturated rings. The highest BCUT2D eigenvalue weighted by atomic mass is 19.4. The van der Waals surface area contributed by atoms with Gasteiger partial charge in [0.2, 0.25) is 0 Å². The molecular formula is C12H14F3NO2. The minimum absolute atomic E-state index is 0.0330. The summed E-state index contributed by atoms with van der Waals surface area (Å²) in [4.78, 5) is 10.5. The Kier molecular flexibility index (Phi) is 4.72. The molecule has 0 aliphatic rings. The van der Waals surface area contributed by atoms with Gasteiger partial charge in [-0.25, -0.2) is 0 Å². The van der Waals surface area contributed by atoms with Crippen molar-refractivity contribution in [2.24, 2.45) is 0 Å². The maximum absolute atomic E-state index is 11.9. The van der Waals surface area contributed by atoms with Gasteiger partial charge >= 0.3 is 12.1 Å². The standard InChI is InChI=1S/C12H14F3NO2/c1-8-3-2-4-9(7-8)10(17)5-6-16-11(18)12(13,14)15/h2-4,7,10,17H,5-6H2,1H3,(H,16,18)/t10-/m1/s1. The quantitative estimate of drug-likeness (QED) is 0.872. The average molecular weight is 261 g/mol. The molecule has 1 aromatic rings. The molecule has 1 amide bonds. The Morgan fingerprint density at radius 3 is 2.67 bits per heavy atom. The third-order valence-electron chi connectivity index (χ3n) is 2.39.